The molecular formula is C22H23N3O4. The number of H-pyrrole nitrogens is 1. The van der Waals surface area contributed by atoms with Gasteiger partial charge in [-0.2, -0.15) is 0 Å². The molecule has 29 heavy (non-hydrogen) atoms. The lowest BCUT2D eigenvalue weighted by Crippen LogP contribution is -2.13. The van der Waals surface area contributed by atoms with Crippen LogP contribution in [0.15, 0.2) is 47.3 Å². The van der Waals surface area contributed by atoms with Crippen LogP contribution in [0.1, 0.15) is 28.5 Å². The van der Waals surface area contributed by atoms with Crippen molar-refractivity contribution in [3.8, 4) is 22.9 Å². The minimum Gasteiger partial charge on any atom is -0.496 e. The van der Waals surface area contributed by atoms with Crippen LogP contribution in [-0.2, 0) is 6.42 Å². The number of aryl methyl sites for hydroxylation is 1. The van der Waals surface area contributed by atoms with Crippen molar-refractivity contribution >= 4 is 11.6 Å². The molecule has 0 saturated carbocycles. The van der Waals surface area contributed by atoms with Gasteiger partial charge < -0.3 is 19.8 Å². The number of hydrogen-bond acceptors (Lipinski definition) is 5. The van der Waals surface area contributed by atoms with E-state index in [0.29, 0.717) is 46.3 Å². The second kappa shape index (κ2) is 8.60. The highest BCUT2D eigenvalue weighted by molar-refractivity contribution is 6.05. The lowest BCUT2D eigenvalue weighted by atomic mass is 10.1. The summed E-state index contributed by atoms with van der Waals surface area (Å²) in [5.41, 5.74) is 3.01. The van der Waals surface area contributed by atoms with E-state index in [0.717, 1.165) is 5.56 Å². The zero-order valence-corrected chi connectivity index (χ0v) is 16.8. The van der Waals surface area contributed by atoms with Crippen LogP contribution in [0, 0.1) is 6.92 Å². The summed E-state index contributed by atoms with van der Waals surface area (Å²) in [4.78, 5) is 31.8. The maximum atomic E-state index is 12.8. The smallest absolute Gasteiger partial charge is 0.255 e. The van der Waals surface area contributed by atoms with Gasteiger partial charge in [-0.15, -0.1) is 0 Å². The minimum absolute atomic E-state index is 0.208. The van der Waals surface area contributed by atoms with E-state index in [1.54, 1.807) is 44.6 Å². The zero-order chi connectivity index (χ0) is 21.0. The SMILES string of the molecule is CCc1cc(=O)[nH]c(-c2cccc(NC(=O)c3cc(OC)c(C)c(OC)c3)c2)n1. The van der Waals surface area contributed by atoms with Crippen molar-refractivity contribution in [2.24, 2.45) is 0 Å². The van der Waals surface area contributed by atoms with Crippen LogP contribution < -0.4 is 20.3 Å². The molecule has 7 heteroatoms. The molecule has 7 nitrogen and oxygen atoms in total. The largest absolute Gasteiger partial charge is 0.496 e. The molecule has 0 unspecified atom stereocenters. The Labute approximate surface area is 168 Å². The Morgan fingerprint density at radius 2 is 1.79 bits per heavy atom. The number of ether oxygens (including phenoxy) is 2. The Balaban J connectivity index is 1.90. The second-order valence-electron chi connectivity index (χ2n) is 6.48. The lowest BCUT2D eigenvalue weighted by Gasteiger charge is -2.13. The molecule has 0 atom stereocenters. The summed E-state index contributed by atoms with van der Waals surface area (Å²) in [6.45, 7) is 3.80. The first-order chi connectivity index (χ1) is 13.9. The van der Waals surface area contributed by atoms with Gasteiger partial charge in [0.05, 0.1) is 14.2 Å². The van der Waals surface area contributed by atoms with Gasteiger partial charge >= 0.3 is 0 Å². The molecule has 3 rings (SSSR count). The lowest BCUT2D eigenvalue weighted by molar-refractivity contribution is 0.102. The summed E-state index contributed by atoms with van der Waals surface area (Å²) >= 11 is 0. The first-order valence-corrected chi connectivity index (χ1v) is 9.19. The zero-order valence-electron chi connectivity index (χ0n) is 16.8. The molecular weight excluding hydrogens is 370 g/mol. The van der Waals surface area contributed by atoms with Gasteiger partial charge in [-0.25, -0.2) is 4.98 Å². The number of carbonyl (C=O) groups is 1. The van der Waals surface area contributed by atoms with E-state index >= 15 is 0 Å². The summed E-state index contributed by atoms with van der Waals surface area (Å²) in [6.07, 6.45) is 0.657. The van der Waals surface area contributed by atoms with E-state index in [2.05, 4.69) is 15.3 Å². The predicted molar refractivity (Wildman–Crippen MR) is 112 cm³/mol. The molecule has 2 N–H and O–H groups in total. The molecule has 1 heterocycles. The third kappa shape index (κ3) is 4.45. The van der Waals surface area contributed by atoms with Crippen LogP contribution in [0.3, 0.4) is 0 Å². The molecule has 0 radical (unpaired) electrons. The number of methoxy groups -OCH3 is 2. The minimum atomic E-state index is -0.303. The maximum absolute atomic E-state index is 12.8. The van der Waals surface area contributed by atoms with Crippen molar-refractivity contribution < 1.29 is 14.3 Å². The third-order valence-electron chi connectivity index (χ3n) is 4.57. The highest BCUT2D eigenvalue weighted by atomic mass is 16.5. The van der Waals surface area contributed by atoms with Crippen molar-refractivity contribution in [1.82, 2.24) is 9.97 Å². The number of carbonyl (C=O) groups excluding carboxylic acids is 1. The van der Waals surface area contributed by atoms with Crippen molar-refractivity contribution in [1.29, 1.82) is 0 Å². The molecule has 0 aliphatic carbocycles. The standard InChI is InChI=1S/C22H23N3O4/c1-5-16-12-20(26)25-21(23-16)14-7-6-8-17(9-14)24-22(27)15-10-18(28-3)13(2)19(11-15)29-4/h6-12H,5H2,1-4H3,(H,24,27)(H,23,25,26). The summed E-state index contributed by atoms with van der Waals surface area (Å²) in [5.74, 6) is 1.30. The molecule has 3 aromatic rings. The van der Waals surface area contributed by atoms with E-state index in [4.69, 9.17) is 9.47 Å². The number of nitrogens with one attached hydrogen (secondary N) is 2. The van der Waals surface area contributed by atoms with E-state index in [9.17, 15) is 9.59 Å². The van der Waals surface area contributed by atoms with Crippen molar-refractivity contribution in [3.63, 3.8) is 0 Å². The average molecular weight is 393 g/mol. The van der Waals surface area contributed by atoms with Crippen LogP contribution in [0.4, 0.5) is 5.69 Å². The highest BCUT2D eigenvalue weighted by Crippen LogP contribution is 2.30. The monoisotopic (exact) mass is 393 g/mol. The van der Waals surface area contributed by atoms with Gasteiger partial charge in [-0.05, 0) is 37.6 Å². The topological polar surface area (TPSA) is 93.3 Å². The van der Waals surface area contributed by atoms with E-state index in [1.165, 1.54) is 6.07 Å². The van der Waals surface area contributed by atoms with Gasteiger partial charge in [-0.3, -0.25) is 9.59 Å². The number of hydrogen-bond donors (Lipinski definition) is 2. The van der Waals surface area contributed by atoms with Crippen molar-refractivity contribution in [3.05, 3.63) is 69.6 Å². The Morgan fingerprint density at radius 1 is 1.10 bits per heavy atom. The molecule has 0 fully saturated rings. The summed E-state index contributed by atoms with van der Waals surface area (Å²) < 4.78 is 10.7. The summed E-state index contributed by atoms with van der Waals surface area (Å²) in [5, 5.41) is 2.86. The summed E-state index contributed by atoms with van der Waals surface area (Å²) in [7, 11) is 3.09. The van der Waals surface area contributed by atoms with Crippen LogP contribution in [0.2, 0.25) is 0 Å². The van der Waals surface area contributed by atoms with Gasteiger partial charge in [0, 0.05) is 34.1 Å². The molecule has 0 aliphatic rings. The number of benzene rings is 2. The quantitative estimate of drug-likeness (QED) is 0.668. The molecule has 0 bridgehead atoms. The maximum Gasteiger partial charge on any atom is 0.255 e. The van der Waals surface area contributed by atoms with Crippen LogP contribution >= 0.6 is 0 Å². The van der Waals surface area contributed by atoms with Gasteiger partial charge in [0.15, 0.2) is 0 Å². The Kier molecular flexibility index (Phi) is 5.97. The fraction of sp³-hybridized carbons (Fsp3) is 0.227. The molecule has 1 amide bonds. The molecule has 0 saturated heterocycles. The van der Waals surface area contributed by atoms with E-state index in [-0.39, 0.29) is 11.5 Å². The Hall–Kier alpha value is -3.61. The number of nitrogens with zero attached hydrogens (tertiary/aromatic N) is 1. The van der Waals surface area contributed by atoms with Gasteiger partial charge in [0.25, 0.3) is 11.5 Å². The molecule has 0 spiro atoms. The fourth-order valence-corrected chi connectivity index (χ4v) is 2.99. The number of aromatic nitrogens is 2. The number of anilines is 1. The predicted octanol–water partition coefficient (Wildman–Crippen LogP) is 3.58. The third-order valence-corrected chi connectivity index (χ3v) is 4.57. The normalized spacial score (nSPS) is 10.5. The Bertz CT molecular complexity index is 1080. The van der Waals surface area contributed by atoms with Crippen molar-refractivity contribution in [2.75, 3.05) is 19.5 Å². The van der Waals surface area contributed by atoms with Gasteiger partial charge in [0.1, 0.15) is 17.3 Å². The van der Waals surface area contributed by atoms with Gasteiger partial charge in [-0.1, -0.05) is 19.1 Å². The van der Waals surface area contributed by atoms with Crippen molar-refractivity contribution in [2.45, 2.75) is 20.3 Å². The molecule has 1 aromatic heterocycles. The van der Waals surface area contributed by atoms with Gasteiger partial charge in [0.2, 0.25) is 0 Å². The number of rotatable bonds is 6. The fourth-order valence-electron chi connectivity index (χ4n) is 2.99. The molecule has 150 valence electrons. The van der Waals surface area contributed by atoms with Crippen LogP contribution in [0.25, 0.3) is 11.4 Å². The first-order valence-electron chi connectivity index (χ1n) is 9.19. The average Bonchev–Trinajstić information content (AvgIpc) is 2.73. The Morgan fingerprint density at radius 3 is 2.41 bits per heavy atom. The number of aromatic amines is 1. The first kappa shape index (κ1) is 20.1. The van der Waals surface area contributed by atoms with E-state index < -0.39 is 0 Å². The van der Waals surface area contributed by atoms with Crippen LogP contribution in [0.5, 0.6) is 11.5 Å². The molecule has 2 aromatic carbocycles. The second-order valence-corrected chi connectivity index (χ2v) is 6.48. The highest BCUT2D eigenvalue weighted by Gasteiger charge is 2.14. The number of amides is 1. The molecule has 0 aliphatic heterocycles. The summed E-state index contributed by atoms with van der Waals surface area (Å²) in [6, 6.07) is 12.0. The van der Waals surface area contributed by atoms with Crippen LogP contribution in [-0.4, -0.2) is 30.1 Å². The van der Waals surface area contributed by atoms with E-state index in [1.807, 2.05) is 19.9 Å².